The normalized spacial score (nSPS) is 21.9. The van der Waals surface area contributed by atoms with Crippen LogP contribution in [0, 0.1) is 5.92 Å². The molecule has 1 aromatic rings. The van der Waals surface area contributed by atoms with Gasteiger partial charge in [-0.25, -0.2) is 0 Å². The van der Waals surface area contributed by atoms with Gasteiger partial charge in [-0.15, -0.1) is 0 Å². The fourth-order valence-corrected chi connectivity index (χ4v) is 2.87. The van der Waals surface area contributed by atoms with Crippen LogP contribution in [0.15, 0.2) is 18.2 Å². The SMILES string of the molecule is CNC1c2ccc(OC)cc2CCC1OCCC(C)C. The van der Waals surface area contributed by atoms with E-state index in [1.807, 2.05) is 13.1 Å². The Bertz CT molecular complexity index is 431. The summed E-state index contributed by atoms with van der Waals surface area (Å²) in [6.07, 6.45) is 3.54. The summed E-state index contributed by atoms with van der Waals surface area (Å²) in [7, 11) is 3.74. The summed E-state index contributed by atoms with van der Waals surface area (Å²) in [5.74, 6) is 1.64. The van der Waals surface area contributed by atoms with Crippen molar-refractivity contribution in [2.75, 3.05) is 20.8 Å². The van der Waals surface area contributed by atoms with Crippen LogP contribution in [0.3, 0.4) is 0 Å². The Morgan fingerprint density at radius 3 is 2.80 bits per heavy atom. The summed E-state index contributed by atoms with van der Waals surface area (Å²) < 4.78 is 11.4. The smallest absolute Gasteiger partial charge is 0.119 e. The van der Waals surface area contributed by atoms with Gasteiger partial charge >= 0.3 is 0 Å². The number of rotatable bonds is 6. The predicted molar refractivity (Wildman–Crippen MR) is 82.3 cm³/mol. The van der Waals surface area contributed by atoms with Crippen molar-refractivity contribution in [1.82, 2.24) is 5.32 Å². The third kappa shape index (κ3) is 3.53. The minimum absolute atomic E-state index is 0.277. The Morgan fingerprint density at radius 1 is 1.35 bits per heavy atom. The number of methoxy groups -OCH3 is 1. The molecule has 0 aromatic heterocycles. The molecule has 0 bridgehead atoms. The van der Waals surface area contributed by atoms with Gasteiger partial charge < -0.3 is 14.8 Å². The molecule has 1 aromatic carbocycles. The maximum absolute atomic E-state index is 6.12. The zero-order valence-corrected chi connectivity index (χ0v) is 13.1. The molecule has 0 heterocycles. The predicted octanol–water partition coefficient (Wildman–Crippen LogP) is 3.33. The number of hydrogen-bond donors (Lipinski definition) is 1. The number of nitrogens with one attached hydrogen (secondary N) is 1. The topological polar surface area (TPSA) is 30.5 Å². The van der Waals surface area contributed by atoms with E-state index in [4.69, 9.17) is 9.47 Å². The van der Waals surface area contributed by atoms with Crippen molar-refractivity contribution in [3.05, 3.63) is 29.3 Å². The molecule has 3 heteroatoms. The summed E-state index contributed by atoms with van der Waals surface area (Å²) in [6.45, 7) is 5.33. The van der Waals surface area contributed by atoms with E-state index in [0.717, 1.165) is 31.6 Å². The summed E-state index contributed by atoms with van der Waals surface area (Å²) >= 11 is 0. The first-order valence-corrected chi connectivity index (χ1v) is 7.61. The maximum atomic E-state index is 6.12. The van der Waals surface area contributed by atoms with Crippen LogP contribution < -0.4 is 10.1 Å². The average molecular weight is 277 g/mol. The van der Waals surface area contributed by atoms with Crippen LogP contribution in [0.1, 0.15) is 43.9 Å². The second-order valence-corrected chi connectivity index (χ2v) is 5.96. The first kappa shape index (κ1) is 15.3. The lowest BCUT2D eigenvalue weighted by atomic mass is 9.85. The molecule has 2 rings (SSSR count). The second-order valence-electron chi connectivity index (χ2n) is 5.96. The van der Waals surface area contributed by atoms with Gasteiger partial charge in [0, 0.05) is 6.61 Å². The van der Waals surface area contributed by atoms with E-state index in [0.29, 0.717) is 5.92 Å². The van der Waals surface area contributed by atoms with Crippen molar-refractivity contribution in [2.45, 2.75) is 45.3 Å². The van der Waals surface area contributed by atoms with Crippen LogP contribution in [0.2, 0.25) is 0 Å². The van der Waals surface area contributed by atoms with E-state index < -0.39 is 0 Å². The van der Waals surface area contributed by atoms with Crippen LogP contribution in [0.5, 0.6) is 5.75 Å². The van der Waals surface area contributed by atoms with Gasteiger partial charge in [0.25, 0.3) is 0 Å². The summed E-state index contributed by atoms with van der Waals surface area (Å²) in [4.78, 5) is 0. The van der Waals surface area contributed by atoms with Crippen LogP contribution in [-0.2, 0) is 11.2 Å². The molecule has 3 nitrogen and oxygen atoms in total. The number of hydrogen-bond acceptors (Lipinski definition) is 3. The molecule has 1 aliphatic rings. The molecule has 0 saturated heterocycles. The van der Waals surface area contributed by atoms with Crippen LogP contribution in [0.4, 0.5) is 0 Å². The number of benzene rings is 1. The molecule has 112 valence electrons. The molecule has 2 unspecified atom stereocenters. The molecular weight excluding hydrogens is 250 g/mol. The van der Waals surface area contributed by atoms with Gasteiger partial charge in [0.05, 0.1) is 19.3 Å². The van der Waals surface area contributed by atoms with Crippen molar-refractivity contribution >= 4 is 0 Å². The highest BCUT2D eigenvalue weighted by Gasteiger charge is 2.29. The fourth-order valence-electron chi connectivity index (χ4n) is 2.87. The van der Waals surface area contributed by atoms with E-state index in [9.17, 15) is 0 Å². The Hall–Kier alpha value is -1.06. The van der Waals surface area contributed by atoms with E-state index >= 15 is 0 Å². The molecular formula is C17H27NO2. The van der Waals surface area contributed by atoms with Gasteiger partial charge in [0.2, 0.25) is 0 Å². The summed E-state index contributed by atoms with van der Waals surface area (Å²) in [6, 6.07) is 6.66. The minimum Gasteiger partial charge on any atom is -0.497 e. The molecule has 1 aliphatic carbocycles. The molecule has 0 saturated carbocycles. The molecule has 1 N–H and O–H groups in total. The quantitative estimate of drug-likeness (QED) is 0.865. The molecule has 0 spiro atoms. The molecule has 0 fully saturated rings. The first-order valence-electron chi connectivity index (χ1n) is 7.61. The van der Waals surface area contributed by atoms with Crippen molar-refractivity contribution in [3.63, 3.8) is 0 Å². The Kier molecular flexibility index (Phi) is 5.44. The summed E-state index contributed by atoms with van der Waals surface area (Å²) in [5, 5.41) is 3.42. The lowest BCUT2D eigenvalue weighted by Crippen LogP contribution is -2.36. The number of ether oxygens (including phenoxy) is 2. The van der Waals surface area contributed by atoms with E-state index in [1.165, 1.54) is 11.1 Å². The van der Waals surface area contributed by atoms with Crippen molar-refractivity contribution in [3.8, 4) is 5.75 Å². The lowest BCUT2D eigenvalue weighted by Gasteiger charge is -2.33. The average Bonchev–Trinajstić information content (AvgIpc) is 2.45. The highest BCUT2D eigenvalue weighted by Crippen LogP contribution is 2.33. The summed E-state index contributed by atoms with van der Waals surface area (Å²) in [5.41, 5.74) is 2.74. The van der Waals surface area contributed by atoms with Crippen molar-refractivity contribution < 1.29 is 9.47 Å². The molecule has 2 atom stereocenters. The monoisotopic (exact) mass is 277 g/mol. The van der Waals surface area contributed by atoms with Crippen molar-refractivity contribution in [1.29, 1.82) is 0 Å². The number of aryl methyl sites for hydroxylation is 1. The Morgan fingerprint density at radius 2 is 2.15 bits per heavy atom. The third-order valence-corrected chi connectivity index (χ3v) is 4.09. The molecule has 0 radical (unpaired) electrons. The highest BCUT2D eigenvalue weighted by molar-refractivity contribution is 5.39. The van der Waals surface area contributed by atoms with E-state index in [-0.39, 0.29) is 12.1 Å². The maximum Gasteiger partial charge on any atom is 0.119 e. The van der Waals surface area contributed by atoms with Gasteiger partial charge in [0.1, 0.15) is 5.75 Å². The highest BCUT2D eigenvalue weighted by atomic mass is 16.5. The standard InChI is InChI=1S/C17H27NO2/c1-12(2)9-10-20-16-8-5-13-11-14(19-4)6-7-15(13)17(16)18-3/h6-7,11-12,16-18H,5,8-10H2,1-4H3. The van der Waals surface area contributed by atoms with E-state index in [2.05, 4.69) is 31.3 Å². The lowest BCUT2D eigenvalue weighted by molar-refractivity contribution is 0.0123. The van der Waals surface area contributed by atoms with Crippen LogP contribution in [-0.4, -0.2) is 26.9 Å². The van der Waals surface area contributed by atoms with Crippen LogP contribution in [0.25, 0.3) is 0 Å². The van der Waals surface area contributed by atoms with Gasteiger partial charge in [-0.1, -0.05) is 19.9 Å². The third-order valence-electron chi connectivity index (χ3n) is 4.09. The Balaban J connectivity index is 2.07. The number of fused-ring (bicyclic) bond motifs is 1. The fraction of sp³-hybridized carbons (Fsp3) is 0.647. The second kappa shape index (κ2) is 7.09. The molecule has 20 heavy (non-hydrogen) atoms. The van der Waals surface area contributed by atoms with Gasteiger partial charge in [-0.3, -0.25) is 0 Å². The van der Waals surface area contributed by atoms with E-state index in [1.54, 1.807) is 7.11 Å². The minimum atomic E-state index is 0.277. The zero-order valence-electron chi connectivity index (χ0n) is 13.1. The van der Waals surface area contributed by atoms with Gasteiger partial charge in [-0.2, -0.15) is 0 Å². The van der Waals surface area contributed by atoms with Gasteiger partial charge in [0.15, 0.2) is 0 Å². The largest absolute Gasteiger partial charge is 0.497 e. The van der Waals surface area contributed by atoms with Gasteiger partial charge in [-0.05, 0) is 55.5 Å². The molecule has 0 aliphatic heterocycles. The first-order chi connectivity index (χ1) is 9.65. The zero-order chi connectivity index (χ0) is 14.5. The number of likely N-dealkylation sites (N-methyl/N-ethyl adjacent to an activating group) is 1. The van der Waals surface area contributed by atoms with Crippen molar-refractivity contribution in [2.24, 2.45) is 5.92 Å². The van der Waals surface area contributed by atoms with Crippen LogP contribution >= 0.6 is 0 Å². The molecule has 0 amide bonds. The Labute approximate surface area is 122 Å².